The largest absolute Gasteiger partial charge is 0.481 e. The van der Waals surface area contributed by atoms with E-state index in [9.17, 15) is 14.4 Å². The number of benzene rings is 3. The van der Waals surface area contributed by atoms with Crippen LogP contribution >= 0.6 is 0 Å². The van der Waals surface area contributed by atoms with Crippen LogP contribution in [-0.2, 0) is 20.9 Å². The van der Waals surface area contributed by atoms with Crippen LogP contribution in [0, 0.1) is 0 Å². The average molecular weight is 473 g/mol. The summed E-state index contributed by atoms with van der Waals surface area (Å²) < 4.78 is 5.54. The van der Waals surface area contributed by atoms with Gasteiger partial charge in [0.2, 0.25) is 5.91 Å². The Hall–Kier alpha value is -4.13. The smallest absolute Gasteiger partial charge is 0.407 e. The van der Waals surface area contributed by atoms with Crippen molar-refractivity contribution in [3.63, 3.8) is 0 Å². The number of aliphatic carboxylic acids is 1. The van der Waals surface area contributed by atoms with E-state index in [2.05, 4.69) is 17.4 Å². The van der Waals surface area contributed by atoms with Crippen LogP contribution in [0.3, 0.4) is 0 Å². The molecule has 0 aliphatic heterocycles. The van der Waals surface area contributed by atoms with Crippen LogP contribution in [0.1, 0.15) is 36.0 Å². The molecule has 1 aliphatic carbocycles. The number of hydrogen-bond donors (Lipinski definition) is 2. The van der Waals surface area contributed by atoms with Crippen LogP contribution in [0.2, 0.25) is 0 Å². The third-order valence-corrected chi connectivity index (χ3v) is 6.17. The van der Waals surface area contributed by atoms with Crippen molar-refractivity contribution in [1.82, 2.24) is 10.2 Å². The SMILES string of the molecule is C[C@@H](NC(=O)OCC1c2ccccc2-c2ccccc21)C(=O)N(CCC(=O)O)Cc1ccccc1. The summed E-state index contributed by atoms with van der Waals surface area (Å²) in [6, 6.07) is 24.6. The zero-order valence-corrected chi connectivity index (χ0v) is 19.5. The molecular weight excluding hydrogens is 444 g/mol. The van der Waals surface area contributed by atoms with E-state index in [4.69, 9.17) is 9.84 Å². The Bertz CT molecular complexity index is 1170. The minimum absolute atomic E-state index is 0.0414. The van der Waals surface area contributed by atoms with Crippen LogP contribution in [0.5, 0.6) is 0 Å². The Morgan fingerprint density at radius 1 is 0.914 bits per heavy atom. The molecule has 0 saturated heterocycles. The second-order valence-corrected chi connectivity index (χ2v) is 8.58. The Morgan fingerprint density at radius 3 is 2.09 bits per heavy atom. The molecule has 7 nitrogen and oxygen atoms in total. The van der Waals surface area contributed by atoms with Crippen LogP contribution < -0.4 is 5.32 Å². The Labute approximate surface area is 204 Å². The van der Waals surface area contributed by atoms with Crippen LogP contribution in [0.15, 0.2) is 78.9 Å². The molecule has 1 atom stereocenters. The van der Waals surface area contributed by atoms with Gasteiger partial charge in [0.05, 0.1) is 6.42 Å². The Morgan fingerprint density at radius 2 is 1.49 bits per heavy atom. The van der Waals surface area contributed by atoms with E-state index in [1.807, 2.05) is 66.7 Å². The summed E-state index contributed by atoms with van der Waals surface area (Å²) in [5, 5.41) is 11.7. The monoisotopic (exact) mass is 472 g/mol. The first-order chi connectivity index (χ1) is 16.9. The van der Waals surface area contributed by atoms with Gasteiger partial charge in [-0.1, -0.05) is 78.9 Å². The number of carboxylic acid groups (broad SMARTS) is 1. The fourth-order valence-electron chi connectivity index (χ4n) is 4.45. The lowest BCUT2D eigenvalue weighted by Gasteiger charge is -2.26. The molecule has 0 heterocycles. The Balaban J connectivity index is 1.38. The number of carboxylic acids is 1. The second-order valence-electron chi connectivity index (χ2n) is 8.58. The highest BCUT2D eigenvalue weighted by molar-refractivity contribution is 5.86. The normalized spacial score (nSPS) is 12.8. The number of hydrogen-bond acceptors (Lipinski definition) is 4. The molecule has 0 bridgehead atoms. The molecule has 0 spiro atoms. The van der Waals surface area contributed by atoms with E-state index in [-0.39, 0.29) is 37.9 Å². The number of nitrogens with one attached hydrogen (secondary N) is 1. The van der Waals surface area contributed by atoms with Gasteiger partial charge in [-0.05, 0) is 34.7 Å². The van der Waals surface area contributed by atoms with E-state index in [1.54, 1.807) is 6.92 Å². The number of carbonyl (C=O) groups excluding carboxylic acids is 2. The van der Waals surface area contributed by atoms with Gasteiger partial charge in [-0.15, -0.1) is 0 Å². The molecular formula is C28H28N2O5. The van der Waals surface area contributed by atoms with E-state index >= 15 is 0 Å². The van der Waals surface area contributed by atoms with Crippen molar-refractivity contribution in [1.29, 1.82) is 0 Å². The lowest BCUT2D eigenvalue weighted by atomic mass is 9.98. The molecule has 0 fully saturated rings. The summed E-state index contributed by atoms with van der Waals surface area (Å²) in [5.74, 6) is -1.44. The zero-order valence-electron chi connectivity index (χ0n) is 19.5. The molecule has 4 rings (SSSR count). The number of amides is 2. The maximum absolute atomic E-state index is 13.0. The van der Waals surface area contributed by atoms with Crippen molar-refractivity contribution in [3.8, 4) is 11.1 Å². The molecule has 180 valence electrons. The molecule has 0 radical (unpaired) electrons. The third-order valence-electron chi connectivity index (χ3n) is 6.17. The lowest BCUT2D eigenvalue weighted by Crippen LogP contribution is -2.47. The molecule has 0 saturated carbocycles. The summed E-state index contributed by atoms with van der Waals surface area (Å²) in [4.78, 5) is 38.2. The number of fused-ring (bicyclic) bond motifs is 3. The zero-order chi connectivity index (χ0) is 24.8. The minimum Gasteiger partial charge on any atom is -0.481 e. The molecule has 0 unspecified atom stereocenters. The van der Waals surface area contributed by atoms with Gasteiger partial charge in [-0.3, -0.25) is 9.59 Å². The van der Waals surface area contributed by atoms with Crippen LogP contribution in [0.25, 0.3) is 11.1 Å². The highest BCUT2D eigenvalue weighted by Crippen LogP contribution is 2.44. The topological polar surface area (TPSA) is 95.9 Å². The maximum atomic E-state index is 13.0. The third kappa shape index (κ3) is 5.69. The molecule has 35 heavy (non-hydrogen) atoms. The highest BCUT2D eigenvalue weighted by Gasteiger charge is 2.30. The summed E-state index contributed by atoms with van der Waals surface area (Å²) in [5.41, 5.74) is 5.35. The van der Waals surface area contributed by atoms with E-state index in [0.29, 0.717) is 0 Å². The van der Waals surface area contributed by atoms with Crippen molar-refractivity contribution >= 4 is 18.0 Å². The van der Waals surface area contributed by atoms with Crippen molar-refractivity contribution in [2.45, 2.75) is 31.8 Å². The van der Waals surface area contributed by atoms with Gasteiger partial charge in [-0.25, -0.2) is 4.79 Å². The predicted octanol–water partition coefficient (Wildman–Crippen LogP) is 4.42. The number of nitrogens with zero attached hydrogens (tertiary/aromatic N) is 1. The van der Waals surface area contributed by atoms with E-state index in [1.165, 1.54) is 4.90 Å². The van der Waals surface area contributed by atoms with Gasteiger partial charge in [0, 0.05) is 19.0 Å². The molecule has 2 amide bonds. The van der Waals surface area contributed by atoms with Gasteiger partial charge < -0.3 is 20.1 Å². The first-order valence-corrected chi connectivity index (χ1v) is 11.6. The van der Waals surface area contributed by atoms with Gasteiger partial charge in [0.25, 0.3) is 0 Å². The second kappa shape index (κ2) is 10.9. The highest BCUT2D eigenvalue weighted by atomic mass is 16.5. The van der Waals surface area contributed by atoms with Crippen molar-refractivity contribution in [2.24, 2.45) is 0 Å². The van der Waals surface area contributed by atoms with Crippen molar-refractivity contribution in [3.05, 3.63) is 95.6 Å². The summed E-state index contributed by atoms with van der Waals surface area (Å²) in [7, 11) is 0. The first-order valence-electron chi connectivity index (χ1n) is 11.6. The van der Waals surface area contributed by atoms with Gasteiger partial charge in [-0.2, -0.15) is 0 Å². The van der Waals surface area contributed by atoms with Gasteiger partial charge >= 0.3 is 12.1 Å². The number of carbonyl (C=O) groups is 3. The number of rotatable bonds is 9. The van der Waals surface area contributed by atoms with Crippen molar-refractivity contribution < 1.29 is 24.2 Å². The fraction of sp³-hybridized carbons (Fsp3) is 0.250. The maximum Gasteiger partial charge on any atom is 0.407 e. The fourth-order valence-corrected chi connectivity index (χ4v) is 4.45. The molecule has 1 aliphatic rings. The van der Waals surface area contributed by atoms with Crippen molar-refractivity contribution in [2.75, 3.05) is 13.2 Å². The first kappa shape index (κ1) is 24.0. The number of ether oxygens (including phenoxy) is 1. The predicted molar refractivity (Wildman–Crippen MR) is 132 cm³/mol. The molecule has 2 N–H and O–H groups in total. The lowest BCUT2D eigenvalue weighted by molar-refractivity contribution is -0.139. The number of alkyl carbamates (subject to hydrolysis) is 1. The summed E-state index contributed by atoms with van der Waals surface area (Å²) >= 11 is 0. The van der Waals surface area contributed by atoms with E-state index < -0.39 is 18.1 Å². The molecule has 3 aromatic carbocycles. The molecule has 3 aromatic rings. The van der Waals surface area contributed by atoms with Crippen LogP contribution in [0.4, 0.5) is 4.79 Å². The average Bonchev–Trinajstić information content (AvgIpc) is 3.19. The molecule has 7 heteroatoms. The van der Waals surface area contributed by atoms with Gasteiger partial charge in [0.1, 0.15) is 12.6 Å². The van der Waals surface area contributed by atoms with E-state index in [0.717, 1.165) is 27.8 Å². The minimum atomic E-state index is -0.993. The quantitative estimate of drug-likeness (QED) is 0.481. The molecule has 0 aromatic heterocycles. The standard InChI is InChI=1S/C28H28N2O5/c1-19(27(33)30(16-15-26(31)32)17-20-9-3-2-4-10-20)29-28(34)35-18-25-23-13-7-5-11-21(23)22-12-6-8-14-24(22)25/h2-14,19,25H,15-18H2,1H3,(H,29,34)(H,31,32)/t19-/m1/s1. The Kier molecular flexibility index (Phi) is 7.45. The van der Waals surface area contributed by atoms with Crippen LogP contribution in [-0.4, -0.2) is 47.2 Å². The summed E-state index contributed by atoms with van der Waals surface area (Å²) in [6.07, 6.45) is -0.874. The van der Waals surface area contributed by atoms with Gasteiger partial charge in [0.15, 0.2) is 0 Å². The summed E-state index contributed by atoms with van der Waals surface area (Å²) in [6.45, 7) is 2.01.